The zero-order valence-electron chi connectivity index (χ0n) is 15.6. The van der Waals surface area contributed by atoms with E-state index in [-0.39, 0.29) is 5.91 Å². The molecule has 0 bridgehead atoms. The highest BCUT2D eigenvalue weighted by Gasteiger charge is 2.21. The molecule has 7 nitrogen and oxygen atoms in total. The van der Waals surface area contributed by atoms with E-state index in [1.165, 1.54) is 5.69 Å². The lowest BCUT2D eigenvalue weighted by Gasteiger charge is -2.29. The number of fused-ring (bicyclic) bond motifs is 1. The summed E-state index contributed by atoms with van der Waals surface area (Å²) in [6.45, 7) is 5.74. The van der Waals surface area contributed by atoms with Crippen molar-refractivity contribution in [3.05, 3.63) is 59.5 Å². The molecule has 1 amide bonds. The maximum Gasteiger partial charge on any atom is 0.259 e. The number of anilines is 1. The number of aryl methyl sites for hydroxylation is 1. The number of carbonyl (C=O) groups excluding carboxylic acids is 1. The summed E-state index contributed by atoms with van der Waals surface area (Å²) in [4.78, 5) is 21.3. The third kappa shape index (κ3) is 3.50. The molecular formula is C20H23N5O2. The van der Waals surface area contributed by atoms with Crippen molar-refractivity contribution < 1.29 is 9.53 Å². The molecule has 1 saturated heterocycles. The molecule has 0 atom stereocenters. The zero-order valence-corrected chi connectivity index (χ0v) is 15.6. The predicted octanol–water partition coefficient (Wildman–Crippen LogP) is 2.15. The number of hydrogen-bond donors (Lipinski definition) is 0. The van der Waals surface area contributed by atoms with Crippen molar-refractivity contribution in [1.29, 1.82) is 0 Å². The van der Waals surface area contributed by atoms with Gasteiger partial charge in [0.1, 0.15) is 5.56 Å². The summed E-state index contributed by atoms with van der Waals surface area (Å²) in [5, 5.41) is 4.38. The fourth-order valence-corrected chi connectivity index (χ4v) is 3.42. The van der Waals surface area contributed by atoms with E-state index in [0.717, 1.165) is 31.9 Å². The fourth-order valence-electron chi connectivity index (χ4n) is 3.42. The van der Waals surface area contributed by atoms with Crippen LogP contribution in [0, 0.1) is 6.92 Å². The van der Waals surface area contributed by atoms with E-state index in [0.29, 0.717) is 23.4 Å². The Labute approximate surface area is 158 Å². The SMILES string of the molecule is Cc1nn2cccnc2c1C(=O)N(C)Cc1ccc(N2CCOCC2)cc1. The number of ether oxygens (including phenoxy) is 1. The number of rotatable bonds is 4. The van der Waals surface area contributed by atoms with Crippen molar-refractivity contribution in [1.82, 2.24) is 19.5 Å². The van der Waals surface area contributed by atoms with Gasteiger partial charge in [0.2, 0.25) is 0 Å². The summed E-state index contributed by atoms with van der Waals surface area (Å²) in [5.74, 6) is -0.0709. The minimum Gasteiger partial charge on any atom is -0.378 e. The molecule has 140 valence electrons. The van der Waals surface area contributed by atoms with Crippen molar-refractivity contribution in [2.45, 2.75) is 13.5 Å². The average Bonchev–Trinajstić information content (AvgIpc) is 3.04. The van der Waals surface area contributed by atoms with Gasteiger partial charge in [-0.05, 0) is 30.7 Å². The maximum atomic E-state index is 13.0. The van der Waals surface area contributed by atoms with Gasteiger partial charge in [0, 0.05) is 44.8 Å². The Kier molecular flexibility index (Phi) is 4.77. The Bertz CT molecular complexity index is 945. The molecule has 1 aliphatic rings. The van der Waals surface area contributed by atoms with Crippen LogP contribution in [0.2, 0.25) is 0 Å². The number of aromatic nitrogens is 3. The molecule has 1 aromatic carbocycles. The summed E-state index contributed by atoms with van der Waals surface area (Å²) in [7, 11) is 1.81. The Balaban J connectivity index is 1.49. The quantitative estimate of drug-likeness (QED) is 0.709. The molecule has 0 aliphatic carbocycles. The van der Waals surface area contributed by atoms with Crippen molar-refractivity contribution in [3.8, 4) is 0 Å². The van der Waals surface area contributed by atoms with Gasteiger partial charge in [-0.1, -0.05) is 12.1 Å². The number of nitrogens with zero attached hydrogens (tertiary/aromatic N) is 5. The second-order valence-corrected chi connectivity index (χ2v) is 6.78. The smallest absolute Gasteiger partial charge is 0.259 e. The summed E-state index contributed by atoms with van der Waals surface area (Å²) < 4.78 is 7.05. The molecule has 1 aliphatic heterocycles. The van der Waals surface area contributed by atoms with E-state index in [9.17, 15) is 4.79 Å². The number of benzene rings is 1. The second-order valence-electron chi connectivity index (χ2n) is 6.78. The monoisotopic (exact) mass is 365 g/mol. The van der Waals surface area contributed by atoms with E-state index in [2.05, 4.69) is 39.2 Å². The Morgan fingerprint density at radius 1 is 1.22 bits per heavy atom. The van der Waals surface area contributed by atoms with Gasteiger partial charge < -0.3 is 14.5 Å². The van der Waals surface area contributed by atoms with E-state index in [1.54, 1.807) is 27.9 Å². The maximum absolute atomic E-state index is 13.0. The average molecular weight is 365 g/mol. The highest BCUT2D eigenvalue weighted by molar-refractivity contribution is 6.00. The van der Waals surface area contributed by atoms with Gasteiger partial charge in [-0.25, -0.2) is 9.50 Å². The zero-order chi connectivity index (χ0) is 18.8. The first-order valence-electron chi connectivity index (χ1n) is 9.10. The third-order valence-corrected chi connectivity index (χ3v) is 4.86. The van der Waals surface area contributed by atoms with Gasteiger partial charge in [-0.2, -0.15) is 5.10 Å². The van der Waals surface area contributed by atoms with Crippen LogP contribution in [0.15, 0.2) is 42.7 Å². The topological polar surface area (TPSA) is 63.0 Å². The number of amides is 1. The van der Waals surface area contributed by atoms with Crippen LogP contribution in [0.5, 0.6) is 0 Å². The standard InChI is InChI=1S/C20H23N5O2/c1-15-18(19-21-8-3-9-25(19)22-15)20(26)23(2)14-16-4-6-17(7-5-16)24-10-12-27-13-11-24/h3-9H,10-14H2,1-2H3. The minimum atomic E-state index is -0.0709. The van der Waals surface area contributed by atoms with Crippen LogP contribution >= 0.6 is 0 Å². The predicted molar refractivity (Wildman–Crippen MR) is 103 cm³/mol. The molecule has 0 saturated carbocycles. The van der Waals surface area contributed by atoms with E-state index < -0.39 is 0 Å². The lowest BCUT2D eigenvalue weighted by atomic mass is 10.1. The Hall–Kier alpha value is -2.93. The number of morpholine rings is 1. The summed E-state index contributed by atoms with van der Waals surface area (Å²) in [6, 6.07) is 10.2. The lowest BCUT2D eigenvalue weighted by molar-refractivity contribution is 0.0786. The van der Waals surface area contributed by atoms with Crippen LogP contribution in [0.3, 0.4) is 0 Å². The summed E-state index contributed by atoms with van der Waals surface area (Å²) in [6.07, 6.45) is 3.48. The first-order chi connectivity index (χ1) is 13.1. The molecule has 1 fully saturated rings. The summed E-state index contributed by atoms with van der Waals surface area (Å²) in [5.41, 5.74) is 4.12. The van der Waals surface area contributed by atoms with Gasteiger partial charge in [0.25, 0.3) is 5.91 Å². The van der Waals surface area contributed by atoms with Crippen LogP contribution in [-0.4, -0.2) is 58.8 Å². The first-order valence-corrected chi connectivity index (χ1v) is 9.10. The molecule has 4 rings (SSSR count). The van der Waals surface area contributed by atoms with Crippen molar-refractivity contribution in [3.63, 3.8) is 0 Å². The molecule has 0 unspecified atom stereocenters. The molecule has 0 spiro atoms. The highest BCUT2D eigenvalue weighted by atomic mass is 16.5. The molecule has 7 heteroatoms. The van der Waals surface area contributed by atoms with E-state index >= 15 is 0 Å². The third-order valence-electron chi connectivity index (χ3n) is 4.86. The van der Waals surface area contributed by atoms with Crippen molar-refractivity contribution in [2.24, 2.45) is 0 Å². The molecular weight excluding hydrogens is 342 g/mol. The Morgan fingerprint density at radius 3 is 2.70 bits per heavy atom. The van der Waals surface area contributed by atoms with Gasteiger partial charge in [-0.15, -0.1) is 0 Å². The number of hydrogen-bond acceptors (Lipinski definition) is 5. The van der Waals surface area contributed by atoms with E-state index in [4.69, 9.17) is 4.74 Å². The van der Waals surface area contributed by atoms with Crippen LogP contribution in [0.4, 0.5) is 5.69 Å². The molecule has 3 heterocycles. The summed E-state index contributed by atoms with van der Waals surface area (Å²) >= 11 is 0. The van der Waals surface area contributed by atoms with Crippen molar-refractivity contribution in [2.75, 3.05) is 38.3 Å². The molecule has 0 radical (unpaired) electrons. The van der Waals surface area contributed by atoms with Crippen LogP contribution < -0.4 is 4.90 Å². The van der Waals surface area contributed by atoms with Gasteiger partial charge in [-0.3, -0.25) is 4.79 Å². The van der Waals surface area contributed by atoms with Gasteiger partial charge in [0.15, 0.2) is 5.65 Å². The molecule has 3 aromatic rings. The fraction of sp³-hybridized carbons (Fsp3) is 0.350. The van der Waals surface area contributed by atoms with Gasteiger partial charge in [0.05, 0.1) is 18.9 Å². The molecule has 27 heavy (non-hydrogen) atoms. The van der Waals surface area contributed by atoms with Gasteiger partial charge >= 0.3 is 0 Å². The minimum absolute atomic E-state index is 0.0709. The number of carbonyl (C=O) groups is 1. The largest absolute Gasteiger partial charge is 0.378 e. The van der Waals surface area contributed by atoms with Crippen LogP contribution in [-0.2, 0) is 11.3 Å². The van der Waals surface area contributed by atoms with Crippen molar-refractivity contribution >= 4 is 17.2 Å². The molecule has 2 aromatic heterocycles. The van der Waals surface area contributed by atoms with Crippen LogP contribution in [0.1, 0.15) is 21.6 Å². The highest BCUT2D eigenvalue weighted by Crippen LogP contribution is 2.19. The van der Waals surface area contributed by atoms with E-state index in [1.807, 2.05) is 14.0 Å². The lowest BCUT2D eigenvalue weighted by Crippen LogP contribution is -2.36. The Morgan fingerprint density at radius 2 is 1.96 bits per heavy atom. The molecule has 0 N–H and O–H groups in total. The second kappa shape index (κ2) is 7.36. The normalized spacial score (nSPS) is 14.5. The van der Waals surface area contributed by atoms with Crippen LogP contribution in [0.25, 0.3) is 5.65 Å². The first kappa shape index (κ1) is 17.5.